The normalized spacial score (nSPS) is 11.8. The summed E-state index contributed by atoms with van der Waals surface area (Å²) in [7, 11) is 0. The van der Waals surface area contributed by atoms with Crippen LogP contribution in [0, 0.1) is 6.92 Å². The molecule has 0 bridgehead atoms. The quantitative estimate of drug-likeness (QED) is 0.363. The van der Waals surface area contributed by atoms with Crippen molar-refractivity contribution in [3.05, 3.63) is 45.8 Å². The van der Waals surface area contributed by atoms with Crippen molar-refractivity contribution < 1.29 is 0 Å². The summed E-state index contributed by atoms with van der Waals surface area (Å²) in [5.74, 6) is 0. The van der Waals surface area contributed by atoms with E-state index >= 15 is 0 Å². The molecular formula is C9H11N3. The largest absolute Gasteiger partial charge is 0.0862 e. The van der Waals surface area contributed by atoms with E-state index in [-0.39, 0.29) is 6.04 Å². The van der Waals surface area contributed by atoms with Crippen molar-refractivity contribution in [3.63, 3.8) is 0 Å². The minimum atomic E-state index is -0.0730. The summed E-state index contributed by atoms with van der Waals surface area (Å²) in [4.78, 5) is 2.78. The number of nitrogens with zero attached hydrogens (tertiary/aromatic N) is 3. The molecule has 0 aliphatic carbocycles. The lowest BCUT2D eigenvalue weighted by Crippen LogP contribution is -1.91. The van der Waals surface area contributed by atoms with Gasteiger partial charge in [0.2, 0.25) is 0 Å². The van der Waals surface area contributed by atoms with Gasteiger partial charge in [-0.3, -0.25) is 0 Å². The molecule has 0 aromatic heterocycles. The Morgan fingerprint density at radius 1 is 1.42 bits per heavy atom. The van der Waals surface area contributed by atoms with Crippen LogP contribution in [0.1, 0.15) is 24.1 Å². The topological polar surface area (TPSA) is 48.8 Å². The van der Waals surface area contributed by atoms with E-state index in [0.717, 1.165) is 11.1 Å². The monoisotopic (exact) mass is 161 g/mol. The molecule has 0 N–H and O–H groups in total. The van der Waals surface area contributed by atoms with Gasteiger partial charge in [-0.15, -0.1) is 0 Å². The zero-order valence-electron chi connectivity index (χ0n) is 7.23. The van der Waals surface area contributed by atoms with Crippen molar-refractivity contribution >= 4 is 0 Å². The molecule has 1 aromatic rings. The maximum atomic E-state index is 8.25. The molecule has 0 heterocycles. The Kier molecular flexibility index (Phi) is 2.72. The standard InChI is InChI=1S/C9H11N3/c1-7-5-3-4-6-9(7)8(2)11-12-10/h3-6,8H,1-2H3/t8-/m1/s1. The maximum Gasteiger partial charge on any atom is 0.0599 e. The average molecular weight is 161 g/mol. The van der Waals surface area contributed by atoms with Gasteiger partial charge in [0.25, 0.3) is 0 Å². The first-order chi connectivity index (χ1) is 5.75. The first kappa shape index (κ1) is 8.62. The molecule has 0 radical (unpaired) electrons. The highest BCUT2D eigenvalue weighted by atomic mass is 15.1. The Balaban J connectivity index is 3.02. The number of rotatable bonds is 2. The summed E-state index contributed by atoms with van der Waals surface area (Å²) >= 11 is 0. The van der Waals surface area contributed by atoms with E-state index in [9.17, 15) is 0 Å². The molecule has 12 heavy (non-hydrogen) atoms. The molecule has 3 heteroatoms. The van der Waals surface area contributed by atoms with Crippen LogP contribution in [0.3, 0.4) is 0 Å². The fraction of sp³-hybridized carbons (Fsp3) is 0.333. The summed E-state index contributed by atoms with van der Waals surface area (Å²) in [5.41, 5.74) is 10.5. The molecule has 0 spiro atoms. The fourth-order valence-corrected chi connectivity index (χ4v) is 1.20. The van der Waals surface area contributed by atoms with Crippen molar-refractivity contribution in [2.24, 2.45) is 5.11 Å². The maximum absolute atomic E-state index is 8.25. The van der Waals surface area contributed by atoms with Gasteiger partial charge in [0.15, 0.2) is 0 Å². The van der Waals surface area contributed by atoms with Crippen LogP contribution in [0.4, 0.5) is 0 Å². The lowest BCUT2D eigenvalue weighted by atomic mass is 10.0. The molecule has 0 aliphatic rings. The number of benzene rings is 1. The highest BCUT2D eigenvalue weighted by Crippen LogP contribution is 2.19. The molecule has 0 saturated carbocycles. The molecule has 62 valence electrons. The third kappa shape index (κ3) is 1.77. The SMILES string of the molecule is Cc1ccccc1[C@@H](C)N=[N+]=[N-]. The van der Waals surface area contributed by atoms with Crippen molar-refractivity contribution in [1.29, 1.82) is 0 Å². The van der Waals surface area contributed by atoms with Crippen LogP contribution >= 0.6 is 0 Å². The van der Waals surface area contributed by atoms with Crippen molar-refractivity contribution in [2.75, 3.05) is 0 Å². The third-order valence-corrected chi connectivity index (χ3v) is 1.86. The van der Waals surface area contributed by atoms with Gasteiger partial charge in [0.1, 0.15) is 0 Å². The predicted molar refractivity (Wildman–Crippen MR) is 48.7 cm³/mol. The summed E-state index contributed by atoms with van der Waals surface area (Å²) in [6.45, 7) is 3.90. The van der Waals surface area contributed by atoms with Gasteiger partial charge in [-0.1, -0.05) is 36.3 Å². The van der Waals surface area contributed by atoms with E-state index in [0.29, 0.717) is 0 Å². The Hall–Kier alpha value is -1.47. The van der Waals surface area contributed by atoms with E-state index in [2.05, 4.69) is 10.0 Å². The van der Waals surface area contributed by atoms with E-state index in [4.69, 9.17) is 5.53 Å². The van der Waals surface area contributed by atoms with Crippen LogP contribution < -0.4 is 0 Å². The third-order valence-electron chi connectivity index (χ3n) is 1.86. The molecule has 1 rings (SSSR count). The lowest BCUT2D eigenvalue weighted by Gasteiger charge is -2.07. The highest BCUT2D eigenvalue weighted by Gasteiger charge is 2.03. The molecule has 0 amide bonds. The smallest absolute Gasteiger partial charge is 0.0599 e. The summed E-state index contributed by atoms with van der Waals surface area (Å²) < 4.78 is 0. The number of aryl methyl sites for hydroxylation is 1. The van der Waals surface area contributed by atoms with Crippen LogP contribution in [-0.4, -0.2) is 0 Å². The summed E-state index contributed by atoms with van der Waals surface area (Å²) in [6, 6.07) is 7.84. The van der Waals surface area contributed by atoms with Crippen LogP contribution in [0.5, 0.6) is 0 Å². The molecular weight excluding hydrogens is 150 g/mol. The Labute approximate surface area is 71.7 Å². The van der Waals surface area contributed by atoms with Gasteiger partial charge in [-0.05, 0) is 23.6 Å². The van der Waals surface area contributed by atoms with Gasteiger partial charge in [-0.25, -0.2) is 0 Å². The lowest BCUT2D eigenvalue weighted by molar-refractivity contribution is 0.800. The van der Waals surface area contributed by atoms with Gasteiger partial charge in [0, 0.05) is 4.91 Å². The zero-order chi connectivity index (χ0) is 8.97. The van der Waals surface area contributed by atoms with E-state index < -0.39 is 0 Å². The molecule has 1 atom stereocenters. The van der Waals surface area contributed by atoms with Crippen LogP contribution in [-0.2, 0) is 0 Å². The van der Waals surface area contributed by atoms with Crippen molar-refractivity contribution in [1.82, 2.24) is 0 Å². The minimum Gasteiger partial charge on any atom is -0.0862 e. The van der Waals surface area contributed by atoms with Crippen LogP contribution in [0.2, 0.25) is 0 Å². The first-order valence-corrected chi connectivity index (χ1v) is 3.85. The second kappa shape index (κ2) is 3.79. The first-order valence-electron chi connectivity index (χ1n) is 3.85. The van der Waals surface area contributed by atoms with E-state index in [1.54, 1.807) is 0 Å². The molecule has 1 aromatic carbocycles. The van der Waals surface area contributed by atoms with Crippen LogP contribution in [0.15, 0.2) is 29.4 Å². The van der Waals surface area contributed by atoms with Gasteiger partial charge < -0.3 is 0 Å². The fourth-order valence-electron chi connectivity index (χ4n) is 1.20. The number of azide groups is 1. The Bertz CT molecular complexity index is 313. The summed E-state index contributed by atoms with van der Waals surface area (Å²) in [6.07, 6.45) is 0. The molecule has 0 aliphatic heterocycles. The molecule has 0 unspecified atom stereocenters. The Morgan fingerprint density at radius 3 is 2.67 bits per heavy atom. The second-order valence-electron chi connectivity index (χ2n) is 2.74. The highest BCUT2D eigenvalue weighted by molar-refractivity contribution is 5.28. The van der Waals surface area contributed by atoms with Crippen molar-refractivity contribution in [2.45, 2.75) is 19.9 Å². The van der Waals surface area contributed by atoms with Gasteiger partial charge >= 0.3 is 0 Å². The van der Waals surface area contributed by atoms with E-state index in [1.165, 1.54) is 0 Å². The number of hydrogen-bond acceptors (Lipinski definition) is 1. The average Bonchev–Trinajstić information content (AvgIpc) is 2.05. The van der Waals surface area contributed by atoms with E-state index in [1.807, 2.05) is 38.1 Å². The summed E-state index contributed by atoms with van der Waals surface area (Å²) in [5, 5.41) is 3.64. The molecule has 3 nitrogen and oxygen atoms in total. The zero-order valence-corrected chi connectivity index (χ0v) is 7.23. The predicted octanol–water partition coefficient (Wildman–Crippen LogP) is 3.37. The number of hydrogen-bond donors (Lipinski definition) is 0. The minimum absolute atomic E-state index is 0.0730. The second-order valence-corrected chi connectivity index (χ2v) is 2.74. The molecule has 0 fully saturated rings. The Morgan fingerprint density at radius 2 is 2.08 bits per heavy atom. The van der Waals surface area contributed by atoms with Gasteiger partial charge in [0.05, 0.1) is 6.04 Å². The van der Waals surface area contributed by atoms with Crippen LogP contribution in [0.25, 0.3) is 10.4 Å². The van der Waals surface area contributed by atoms with Crippen molar-refractivity contribution in [3.8, 4) is 0 Å². The van der Waals surface area contributed by atoms with Gasteiger partial charge in [-0.2, -0.15) is 0 Å². The molecule has 0 saturated heterocycles.